The number of carbonyl (C=O) groups is 1. The number of rotatable bonds is 5. The highest BCUT2D eigenvalue weighted by Crippen LogP contribution is 2.08. The molecular weight excluding hydrogens is 226 g/mol. The molecule has 5 heteroatoms. The van der Waals surface area contributed by atoms with Gasteiger partial charge in [0.05, 0.1) is 0 Å². The first-order chi connectivity index (χ1) is 8.06. The third-order valence-electron chi connectivity index (χ3n) is 2.38. The summed E-state index contributed by atoms with van der Waals surface area (Å²) in [5.74, 6) is -2.04. The van der Waals surface area contributed by atoms with E-state index in [1.807, 2.05) is 6.92 Å². The van der Waals surface area contributed by atoms with Crippen LogP contribution >= 0.6 is 0 Å². The molecule has 0 aliphatic rings. The molecule has 0 spiro atoms. The van der Waals surface area contributed by atoms with Crippen LogP contribution in [-0.4, -0.2) is 18.5 Å². The number of halogens is 2. The number of nitrogens with one attached hydrogen (secondary N) is 1. The Labute approximate surface area is 99.0 Å². The minimum atomic E-state index is -0.769. The Kier molecular flexibility index (Phi) is 5.03. The van der Waals surface area contributed by atoms with E-state index in [4.69, 9.17) is 5.73 Å². The first kappa shape index (κ1) is 13.6. The van der Waals surface area contributed by atoms with E-state index in [9.17, 15) is 13.6 Å². The molecule has 0 bridgehead atoms. The van der Waals surface area contributed by atoms with Gasteiger partial charge in [0.2, 0.25) is 0 Å². The van der Waals surface area contributed by atoms with Crippen LogP contribution in [0.2, 0.25) is 0 Å². The van der Waals surface area contributed by atoms with Crippen LogP contribution in [0.3, 0.4) is 0 Å². The molecule has 0 heterocycles. The van der Waals surface area contributed by atoms with Crippen LogP contribution < -0.4 is 11.1 Å². The Balaban J connectivity index is 2.75. The van der Waals surface area contributed by atoms with E-state index in [1.165, 1.54) is 0 Å². The van der Waals surface area contributed by atoms with Crippen molar-refractivity contribution >= 4 is 5.91 Å². The lowest BCUT2D eigenvalue weighted by Gasteiger charge is -2.15. The molecule has 0 saturated carbocycles. The van der Waals surface area contributed by atoms with Gasteiger partial charge in [0.15, 0.2) is 0 Å². The Morgan fingerprint density at radius 1 is 1.35 bits per heavy atom. The number of hydrogen-bond acceptors (Lipinski definition) is 2. The second-order valence-corrected chi connectivity index (χ2v) is 3.85. The van der Waals surface area contributed by atoms with Gasteiger partial charge in [-0.3, -0.25) is 4.79 Å². The summed E-state index contributed by atoms with van der Waals surface area (Å²) in [4.78, 5) is 11.7. The van der Waals surface area contributed by atoms with Gasteiger partial charge in [-0.25, -0.2) is 8.78 Å². The van der Waals surface area contributed by atoms with E-state index >= 15 is 0 Å². The van der Waals surface area contributed by atoms with Crippen molar-refractivity contribution in [2.75, 3.05) is 6.54 Å². The van der Waals surface area contributed by atoms with Crippen molar-refractivity contribution < 1.29 is 13.6 Å². The molecule has 94 valence electrons. The van der Waals surface area contributed by atoms with Gasteiger partial charge in [-0.15, -0.1) is 0 Å². The molecule has 1 aromatic carbocycles. The summed E-state index contributed by atoms with van der Waals surface area (Å²) in [5, 5.41) is 2.64. The molecule has 0 saturated heterocycles. The van der Waals surface area contributed by atoms with Crippen molar-refractivity contribution in [1.29, 1.82) is 0 Å². The fourth-order valence-corrected chi connectivity index (χ4v) is 1.55. The highest BCUT2D eigenvalue weighted by molar-refractivity contribution is 5.94. The third-order valence-corrected chi connectivity index (χ3v) is 2.38. The zero-order valence-corrected chi connectivity index (χ0v) is 9.67. The van der Waals surface area contributed by atoms with Crippen LogP contribution in [0.4, 0.5) is 8.78 Å². The van der Waals surface area contributed by atoms with Gasteiger partial charge in [-0.05, 0) is 18.6 Å². The summed E-state index contributed by atoms with van der Waals surface area (Å²) < 4.78 is 25.8. The van der Waals surface area contributed by atoms with Gasteiger partial charge in [-0.1, -0.05) is 13.3 Å². The SMILES string of the molecule is CCCC(CN)NC(=O)c1cc(F)cc(F)c1. The van der Waals surface area contributed by atoms with E-state index in [-0.39, 0.29) is 11.6 Å². The van der Waals surface area contributed by atoms with Gasteiger partial charge in [0.1, 0.15) is 11.6 Å². The van der Waals surface area contributed by atoms with E-state index < -0.39 is 17.5 Å². The van der Waals surface area contributed by atoms with Gasteiger partial charge >= 0.3 is 0 Å². The molecule has 3 nitrogen and oxygen atoms in total. The van der Waals surface area contributed by atoms with Crippen LogP contribution in [0.5, 0.6) is 0 Å². The van der Waals surface area contributed by atoms with Crippen LogP contribution in [0.1, 0.15) is 30.1 Å². The third kappa shape index (κ3) is 4.11. The van der Waals surface area contributed by atoms with Crippen molar-refractivity contribution in [2.45, 2.75) is 25.8 Å². The summed E-state index contributed by atoms with van der Waals surface area (Å²) in [6.07, 6.45) is 1.61. The molecule has 0 aliphatic heterocycles. The Morgan fingerprint density at radius 2 is 1.94 bits per heavy atom. The maximum Gasteiger partial charge on any atom is 0.251 e. The standard InChI is InChI=1S/C12H16F2N2O/c1-2-3-11(7-15)16-12(17)8-4-9(13)6-10(14)5-8/h4-6,11H,2-3,7,15H2,1H3,(H,16,17). The average Bonchev–Trinajstić information content (AvgIpc) is 2.27. The number of benzene rings is 1. The molecule has 1 unspecified atom stereocenters. The second kappa shape index (κ2) is 6.30. The maximum atomic E-state index is 12.9. The first-order valence-corrected chi connectivity index (χ1v) is 5.53. The number of amides is 1. The van der Waals surface area contributed by atoms with Gasteiger partial charge in [0.25, 0.3) is 5.91 Å². The average molecular weight is 242 g/mol. The Morgan fingerprint density at radius 3 is 2.41 bits per heavy atom. The molecule has 1 rings (SSSR count). The number of nitrogens with two attached hydrogens (primary N) is 1. The molecule has 1 aromatic rings. The summed E-state index contributed by atoms with van der Waals surface area (Å²) in [6.45, 7) is 2.27. The van der Waals surface area contributed by atoms with E-state index in [0.29, 0.717) is 6.54 Å². The fraction of sp³-hybridized carbons (Fsp3) is 0.417. The first-order valence-electron chi connectivity index (χ1n) is 5.53. The normalized spacial score (nSPS) is 12.2. The topological polar surface area (TPSA) is 55.1 Å². The molecule has 0 radical (unpaired) electrons. The highest BCUT2D eigenvalue weighted by atomic mass is 19.1. The van der Waals surface area contributed by atoms with Gasteiger partial charge in [-0.2, -0.15) is 0 Å². The highest BCUT2D eigenvalue weighted by Gasteiger charge is 2.13. The quantitative estimate of drug-likeness (QED) is 0.827. The molecular formula is C12H16F2N2O. The van der Waals surface area contributed by atoms with Crippen molar-refractivity contribution in [2.24, 2.45) is 5.73 Å². The molecule has 1 atom stereocenters. The molecule has 3 N–H and O–H groups in total. The molecule has 0 fully saturated rings. The van der Waals surface area contributed by atoms with E-state index in [1.54, 1.807) is 0 Å². The maximum absolute atomic E-state index is 12.9. The van der Waals surface area contributed by atoms with Crippen molar-refractivity contribution in [3.8, 4) is 0 Å². The number of hydrogen-bond donors (Lipinski definition) is 2. The Bertz CT molecular complexity index is 376. The molecule has 1 amide bonds. The van der Waals surface area contributed by atoms with Crippen molar-refractivity contribution in [3.05, 3.63) is 35.4 Å². The van der Waals surface area contributed by atoms with E-state index in [2.05, 4.69) is 5.32 Å². The molecule has 0 aromatic heterocycles. The number of carbonyl (C=O) groups excluding carboxylic acids is 1. The van der Waals surface area contributed by atoms with Crippen LogP contribution in [0, 0.1) is 11.6 Å². The molecule has 0 aliphatic carbocycles. The van der Waals surface area contributed by atoms with Crippen molar-refractivity contribution in [1.82, 2.24) is 5.32 Å². The predicted molar refractivity (Wildman–Crippen MR) is 61.6 cm³/mol. The zero-order valence-electron chi connectivity index (χ0n) is 9.67. The van der Waals surface area contributed by atoms with E-state index in [0.717, 1.165) is 31.0 Å². The summed E-state index contributed by atoms with van der Waals surface area (Å²) in [6, 6.07) is 2.55. The summed E-state index contributed by atoms with van der Waals surface area (Å²) in [7, 11) is 0. The summed E-state index contributed by atoms with van der Waals surface area (Å²) >= 11 is 0. The van der Waals surface area contributed by atoms with Crippen LogP contribution in [-0.2, 0) is 0 Å². The lowest BCUT2D eigenvalue weighted by atomic mass is 10.1. The largest absolute Gasteiger partial charge is 0.348 e. The van der Waals surface area contributed by atoms with Crippen LogP contribution in [0.25, 0.3) is 0 Å². The van der Waals surface area contributed by atoms with Gasteiger partial charge < -0.3 is 11.1 Å². The predicted octanol–water partition coefficient (Wildman–Crippen LogP) is 1.82. The monoisotopic (exact) mass is 242 g/mol. The molecule has 17 heavy (non-hydrogen) atoms. The minimum absolute atomic E-state index is 0.0305. The van der Waals surface area contributed by atoms with Crippen LogP contribution in [0.15, 0.2) is 18.2 Å². The van der Waals surface area contributed by atoms with Gasteiger partial charge in [0, 0.05) is 24.2 Å². The lowest BCUT2D eigenvalue weighted by Crippen LogP contribution is -2.40. The smallest absolute Gasteiger partial charge is 0.251 e. The summed E-state index contributed by atoms with van der Waals surface area (Å²) in [5.41, 5.74) is 5.45. The van der Waals surface area contributed by atoms with Crippen molar-refractivity contribution in [3.63, 3.8) is 0 Å². The zero-order chi connectivity index (χ0) is 12.8. The Hall–Kier alpha value is -1.49. The minimum Gasteiger partial charge on any atom is -0.348 e. The lowest BCUT2D eigenvalue weighted by molar-refractivity contribution is 0.0935. The fourth-order valence-electron chi connectivity index (χ4n) is 1.55. The second-order valence-electron chi connectivity index (χ2n) is 3.85.